The number of rotatable bonds is 6. The number of hydrogen-bond donors (Lipinski definition) is 2. The summed E-state index contributed by atoms with van der Waals surface area (Å²) in [5, 5.41) is 10.0. The molecule has 0 spiro atoms. The van der Waals surface area contributed by atoms with Gasteiger partial charge in [-0.25, -0.2) is 4.98 Å². The van der Waals surface area contributed by atoms with Crippen LogP contribution < -0.4 is 10.6 Å². The van der Waals surface area contributed by atoms with Crippen LogP contribution >= 0.6 is 11.3 Å². The first kappa shape index (κ1) is 18.1. The molecule has 5 nitrogen and oxygen atoms in total. The third kappa shape index (κ3) is 4.46. The van der Waals surface area contributed by atoms with E-state index in [0.29, 0.717) is 11.0 Å². The lowest BCUT2D eigenvalue weighted by molar-refractivity contribution is -0.123. The van der Waals surface area contributed by atoms with Gasteiger partial charge in [0.05, 0.1) is 18.7 Å². The Hall–Kier alpha value is -2.73. The number of fused-ring (bicyclic) bond motifs is 1. The van der Waals surface area contributed by atoms with E-state index in [4.69, 9.17) is 0 Å². The van der Waals surface area contributed by atoms with Gasteiger partial charge in [-0.1, -0.05) is 56.3 Å². The normalized spacial score (nSPS) is 10.9. The maximum absolute atomic E-state index is 12.2. The van der Waals surface area contributed by atoms with E-state index in [1.165, 1.54) is 11.3 Å². The number of anilines is 1. The van der Waals surface area contributed by atoms with Crippen molar-refractivity contribution >= 4 is 39.1 Å². The van der Waals surface area contributed by atoms with E-state index in [-0.39, 0.29) is 24.8 Å². The van der Waals surface area contributed by atoms with E-state index in [9.17, 15) is 9.59 Å². The number of carbonyl (C=O) groups is 2. The molecule has 3 rings (SSSR count). The summed E-state index contributed by atoms with van der Waals surface area (Å²) >= 11 is 1.39. The zero-order chi connectivity index (χ0) is 18.5. The summed E-state index contributed by atoms with van der Waals surface area (Å²) in [6, 6.07) is 13.8. The summed E-state index contributed by atoms with van der Waals surface area (Å²) in [4.78, 5) is 28.6. The second-order valence-electron chi connectivity index (χ2n) is 6.37. The van der Waals surface area contributed by atoms with Crippen LogP contribution in [-0.2, 0) is 16.0 Å². The number of nitrogens with zero attached hydrogens (tertiary/aromatic N) is 1. The number of aromatic nitrogens is 1. The molecule has 2 amide bonds. The largest absolute Gasteiger partial charge is 0.347 e. The first-order chi connectivity index (χ1) is 12.5. The van der Waals surface area contributed by atoms with Crippen molar-refractivity contribution < 1.29 is 9.59 Å². The van der Waals surface area contributed by atoms with Crippen LogP contribution in [0.1, 0.15) is 31.0 Å². The highest BCUT2D eigenvalue weighted by Gasteiger charge is 2.11. The number of benzene rings is 2. The van der Waals surface area contributed by atoms with Crippen molar-refractivity contribution in [2.24, 2.45) is 0 Å². The first-order valence-electron chi connectivity index (χ1n) is 8.51. The molecule has 0 saturated carbocycles. The number of nitrogens with one attached hydrogen (secondary N) is 2. The highest BCUT2D eigenvalue weighted by atomic mass is 32.1. The zero-order valence-electron chi connectivity index (χ0n) is 14.8. The van der Waals surface area contributed by atoms with Crippen LogP contribution in [0.25, 0.3) is 10.8 Å². The molecule has 26 heavy (non-hydrogen) atoms. The summed E-state index contributed by atoms with van der Waals surface area (Å²) in [7, 11) is 0. The second kappa shape index (κ2) is 8.10. The lowest BCUT2D eigenvalue weighted by Crippen LogP contribution is -2.33. The number of carbonyl (C=O) groups excluding carboxylic acids is 2. The van der Waals surface area contributed by atoms with Crippen LogP contribution in [-0.4, -0.2) is 23.3 Å². The van der Waals surface area contributed by atoms with Gasteiger partial charge in [-0.15, -0.1) is 11.3 Å². The molecule has 2 N–H and O–H groups in total. The quantitative estimate of drug-likeness (QED) is 0.697. The molecule has 0 aliphatic carbocycles. The minimum absolute atomic E-state index is 0.0693. The standard InChI is InChI=1S/C20H21N3O2S/c1-13(2)17-12-26-20(22-17)23-19(25)11-21-18(24)10-15-8-5-7-14-6-3-4-9-16(14)15/h3-9,12-13H,10-11H2,1-2H3,(H,21,24)(H,22,23,25). The zero-order valence-corrected chi connectivity index (χ0v) is 15.6. The molecule has 0 aliphatic rings. The number of thiazole rings is 1. The second-order valence-corrected chi connectivity index (χ2v) is 7.23. The Balaban J connectivity index is 1.54. The van der Waals surface area contributed by atoms with Crippen LogP contribution in [0.5, 0.6) is 0 Å². The van der Waals surface area contributed by atoms with Gasteiger partial charge in [0.15, 0.2) is 5.13 Å². The molecule has 6 heteroatoms. The lowest BCUT2D eigenvalue weighted by atomic mass is 10.0. The molecule has 2 aromatic carbocycles. The molecule has 0 radical (unpaired) electrons. The molecule has 134 valence electrons. The third-order valence-corrected chi connectivity index (χ3v) is 4.81. The summed E-state index contributed by atoms with van der Waals surface area (Å²) < 4.78 is 0. The fourth-order valence-corrected chi connectivity index (χ4v) is 3.52. The van der Waals surface area contributed by atoms with Crippen molar-refractivity contribution in [3.63, 3.8) is 0 Å². The molecule has 0 unspecified atom stereocenters. The van der Waals surface area contributed by atoms with Crippen LogP contribution in [0.3, 0.4) is 0 Å². The van der Waals surface area contributed by atoms with E-state index in [1.54, 1.807) is 0 Å². The van der Waals surface area contributed by atoms with E-state index in [1.807, 2.05) is 61.7 Å². The topological polar surface area (TPSA) is 71.1 Å². The van der Waals surface area contributed by atoms with Crippen molar-refractivity contribution in [1.82, 2.24) is 10.3 Å². The molecule has 0 saturated heterocycles. The van der Waals surface area contributed by atoms with Crippen molar-refractivity contribution in [2.75, 3.05) is 11.9 Å². The van der Waals surface area contributed by atoms with Crippen molar-refractivity contribution in [3.8, 4) is 0 Å². The highest BCUT2D eigenvalue weighted by molar-refractivity contribution is 7.13. The summed E-state index contributed by atoms with van der Waals surface area (Å²) in [6.07, 6.45) is 0.239. The van der Waals surface area contributed by atoms with Crippen molar-refractivity contribution in [2.45, 2.75) is 26.2 Å². The molecule has 3 aromatic rings. The fraction of sp³-hybridized carbons (Fsp3) is 0.250. The Labute approximate surface area is 156 Å². The maximum atomic E-state index is 12.2. The monoisotopic (exact) mass is 367 g/mol. The Morgan fingerprint density at radius 3 is 2.62 bits per heavy atom. The SMILES string of the molecule is CC(C)c1csc(NC(=O)CNC(=O)Cc2cccc3ccccc23)n1. The molecule has 0 fully saturated rings. The summed E-state index contributed by atoms with van der Waals surface area (Å²) in [5.74, 6) is -0.142. The Morgan fingerprint density at radius 1 is 1.08 bits per heavy atom. The number of hydrogen-bond acceptors (Lipinski definition) is 4. The highest BCUT2D eigenvalue weighted by Crippen LogP contribution is 2.21. The van der Waals surface area contributed by atoms with Gasteiger partial charge in [0.2, 0.25) is 11.8 Å². The van der Waals surface area contributed by atoms with Crippen LogP contribution in [0, 0.1) is 0 Å². The van der Waals surface area contributed by atoms with Gasteiger partial charge < -0.3 is 10.6 Å². The third-order valence-electron chi connectivity index (χ3n) is 4.04. The van der Waals surface area contributed by atoms with E-state index >= 15 is 0 Å². The predicted molar refractivity (Wildman–Crippen MR) is 105 cm³/mol. The summed E-state index contributed by atoms with van der Waals surface area (Å²) in [5.41, 5.74) is 1.90. The van der Waals surface area contributed by atoms with Crippen LogP contribution in [0.2, 0.25) is 0 Å². The van der Waals surface area contributed by atoms with Gasteiger partial charge in [0.1, 0.15) is 0 Å². The van der Waals surface area contributed by atoms with E-state index < -0.39 is 0 Å². The Bertz CT molecular complexity index is 928. The Kier molecular flexibility index (Phi) is 5.63. The van der Waals surface area contributed by atoms with Gasteiger partial charge in [-0.3, -0.25) is 9.59 Å². The van der Waals surface area contributed by atoms with Crippen molar-refractivity contribution in [3.05, 3.63) is 59.1 Å². The minimum Gasteiger partial charge on any atom is -0.347 e. The molecule has 0 atom stereocenters. The smallest absolute Gasteiger partial charge is 0.245 e. The molecule has 0 aliphatic heterocycles. The van der Waals surface area contributed by atoms with E-state index in [0.717, 1.165) is 22.0 Å². The summed E-state index contributed by atoms with van der Waals surface area (Å²) in [6.45, 7) is 4.03. The van der Waals surface area contributed by atoms with Gasteiger partial charge in [-0.2, -0.15) is 0 Å². The lowest BCUT2D eigenvalue weighted by Gasteiger charge is -2.08. The predicted octanol–water partition coefficient (Wildman–Crippen LogP) is 3.72. The van der Waals surface area contributed by atoms with Gasteiger partial charge in [-0.05, 0) is 22.3 Å². The fourth-order valence-electron chi connectivity index (χ4n) is 2.63. The van der Waals surface area contributed by atoms with Crippen LogP contribution in [0.4, 0.5) is 5.13 Å². The van der Waals surface area contributed by atoms with Crippen LogP contribution in [0.15, 0.2) is 47.8 Å². The average Bonchev–Trinajstić information content (AvgIpc) is 3.09. The van der Waals surface area contributed by atoms with Gasteiger partial charge in [0.25, 0.3) is 0 Å². The van der Waals surface area contributed by atoms with Gasteiger partial charge in [0, 0.05) is 5.38 Å². The van der Waals surface area contributed by atoms with Crippen molar-refractivity contribution in [1.29, 1.82) is 0 Å². The Morgan fingerprint density at radius 2 is 1.85 bits per heavy atom. The first-order valence-corrected chi connectivity index (χ1v) is 9.39. The van der Waals surface area contributed by atoms with E-state index in [2.05, 4.69) is 15.6 Å². The molecule has 1 heterocycles. The maximum Gasteiger partial charge on any atom is 0.245 e. The molecular weight excluding hydrogens is 346 g/mol. The average molecular weight is 367 g/mol. The van der Waals surface area contributed by atoms with Gasteiger partial charge >= 0.3 is 0 Å². The molecule has 1 aromatic heterocycles. The molecule has 0 bridgehead atoms. The number of amides is 2. The molecular formula is C20H21N3O2S. The minimum atomic E-state index is -0.277.